The summed E-state index contributed by atoms with van der Waals surface area (Å²) >= 11 is 6.05. The quantitative estimate of drug-likeness (QED) is 0.802. The Hall–Kier alpha value is -2.17. The van der Waals surface area contributed by atoms with Crippen LogP contribution < -0.4 is 4.74 Å². The Balaban J connectivity index is 1.73. The zero-order chi connectivity index (χ0) is 14.7. The van der Waals surface area contributed by atoms with Crippen molar-refractivity contribution in [3.8, 4) is 5.75 Å². The summed E-state index contributed by atoms with van der Waals surface area (Å²) in [6.07, 6.45) is 2.49. The van der Waals surface area contributed by atoms with Gasteiger partial charge in [-0.3, -0.25) is 9.97 Å². The Bertz CT molecular complexity index is 764. The average Bonchev–Trinajstić information content (AvgIpc) is 2.53. The fourth-order valence-corrected chi connectivity index (χ4v) is 2.30. The monoisotopic (exact) mass is 300 g/mol. The topological polar surface area (TPSA) is 55.2 Å². The Morgan fingerprint density at radius 1 is 1.05 bits per heavy atom. The SMILES string of the molecule is OC(COc1ccc2nccnc2c1)c1ccccc1Cl. The first-order chi connectivity index (χ1) is 10.2. The molecule has 0 aliphatic rings. The molecule has 0 aliphatic carbocycles. The first-order valence-electron chi connectivity index (χ1n) is 6.50. The van der Waals surface area contributed by atoms with Gasteiger partial charge in [0.25, 0.3) is 0 Å². The molecule has 1 heterocycles. The zero-order valence-corrected chi connectivity index (χ0v) is 11.9. The molecule has 5 heteroatoms. The van der Waals surface area contributed by atoms with Gasteiger partial charge >= 0.3 is 0 Å². The van der Waals surface area contributed by atoms with Gasteiger partial charge in [0.1, 0.15) is 18.5 Å². The summed E-state index contributed by atoms with van der Waals surface area (Å²) in [4.78, 5) is 8.41. The van der Waals surface area contributed by atoms with Crippen molar-refractivity contribution < 1.29 is 9.84 Å². The molecule has 4 nitrogen and oxygen atoms in total. The second-order valence-corrected chi connectivity index (χ2v) is 4.96. The lowest BCUT2D eigenvalue weighted by atomic mass is 10.1. The highest BCUT2D eigenvalue weighted by Crippen LogP contribution is 2.24. The number of aliphatic hydroxyl groups is 1. The Morgan fingerprint density at radius 2 is 1.81 bits per heavy atom. The summed E-state index contributed by atoms with van der Waals surface area (Å²) in [7, 11) is 0. The molecule has 1 unspecified atom stereocenters. The standard InChI is InChI=1S/C16H13ClN2O2/c17-13-4-2-1-3-12(13)16(20)10-21-11-5-6-14-15(9-11)19-8-7-18-14/h1-9,16,20H,10H2. The van der Waals surface area contributed by atoms with Crippen LogP contribution in [0, 0.1) is 0 Å². The van der Waals surface area contributed by atoms with Crippen LogP contribution in [0.3, 0.4) is 0 Å². The minimum Gasteiger partial charge on any atom is -0.490 e. The number of hydrogen-bond donors (Lipinski definition) is 1. The predicted octanol–water partition coefficient (Wildman–Crippen LogP) is 3.40. The van der Waals surface area contributed by atoms with Gasteiger partial charge in [-0.1, -0.05) is 29.8 Å². The van der Waals surface area contributed by atoms with E-state index in [1.54, 1.807) is 36.7 Å². The molecule has 3 aromatic rings. The second-order valence-electron chi connectivity index (χ2n) is 4.56. The minimum absolute atomic E-state index is 0.121. The molecule has 21 heavy (non-hydrogen) atoms. The van der Waals surface area contributed by atoms with E-state index in [9.17, 15) is 5.11 Å². The molecule has 1 aromatic heterocycles. The number of rotatable bonds is 4. The summed E-state index contributed by atoms with van der Waals surface area (Å²) in [6, 6.07) is 12.6. The van der Waals surface area contributed by atoms with Crippen molar-refractivity contribution in [3.63, 3.8) is 0 Å². The van der Waals surface area contributed by atoms with Crippen molar-refractivity contribution in [2.24, 2.45) is 0 Å². The molecular formula is C16H13ClN2O2. The van der Waals surface area contributed by atoms with Crippen LogP contribution in [0.4, 0.5) is 0 Å². The molecule has 0 saturated carbocycles. The molecule has 1 atom stereocenters. The van der Waals surface area contributed by atoms with Crippen LogP contribution in [0.2, 0.25) is 5.02 Å². The Labute approximate surface area is 127 Å². The summed E-state index contributed by atoms with van der Waals surface area (Å²) in [5.74, 6) is 0.633. The van der Waals surface area contributed by atoms with E-state index in [4.69, 9.17) is 16.3 Å². The van der Waals surface area contributed by atoms with Crippen molar-refractivity contribution in [2.45, 2.75) is 6.10 Å². The molecule has 1 N–H and O–H groups in total. The van der Waals surface area contributed by atoms with Crippen molar-refractivity contribution in [1.82, 2.24) is 9.97 Å². The normalized spacial score (nSPS) is 12.3. The number of hydrogen-bond acceptors (Lipinski definition) is 4. The molecule has 0 radical (unpaired) electrons. The fourth-order valence-electron chi connectivity index (χ4n) is 2.04. The van der Waals surface area contributed by atoms with Crippen LogP contribution in [0.1, 0.15) is 11.7 Å². The highest BCUT2D eigenvalue weighted by molar-refractivity contribution is 6.31. The Morgan fingerprint density at radius 3 is 2.62 bits per heavy atom. The van der Waals surface area contributed by atoms with Crippen molar-refractivity contribution in [2.75, 3.05) is 6.61 Å². The first-order valence-corrected chi connectivity index (χ1v) is 6.88. The van der Waals surface area contributed by atoms with Gasteiger partial charge in [-0.25, -0.2) is 0 Å². The number of aliphatic hydroxyl groups excluding tert-OH is 1. The van der Waals surface area contributed by atoms with E-state index >= 15 is 0 Å². The lowest BCUT2D eigenvalue weighted by Gasteiger charge is -2.14. The Kier molecular flexibility index (Phi) is 3.99. The second kappa shape index (κ2) is 6.08. The molecule has 3 rings (SSSR count). The number of aromatic nitrogens is 2. The van der Waals surface area contributed by atoms with E-state index in [2.05, 4.69) is 9.97 Å². The van der Waals surface area contributed by atoms with E-state index in [-0.39, 0.29) is 6.61 Å². The van der Waals surface area contributed by atoms with Gasteiger partial charge in [-0.2, -0.15) is 0 Å². The highest BCUT2D eigenvalue weighted by atomic mass is 35.5. The minimum atomic E-state index is -0.781. The smallest absolute Gasteiger partial charge is 0.121 e. The molecular weight excluding hydrogens is 288 g/mol. The van der Waals surface area contributed by atoms with Gasteiger partial charge < -0.3 is 9.84 Å². The average molecular weight is 301 g/mol. The van der Waals surface area contributed by atoms with Gasteiger partial charge in [0.05, 0.1) is 11.0 Å². The van der Waals surface area contributed by atoms with Crippen LogP contribution in [0.15, 0.2) is 54.9 Å². The van der Waals surface area contributed by atoms with E-state index < -0.39 is 6.10 Å². The van der Waals surface area contributed by atoms with E-state index in [0.717, 1.165) is 11.0 Å². The van der Waals surface area contributed by atoms with Gasteiger partial charge in [-0.15, -0.1) is 0 Å². The molecule has 0 fully saturated rings. The van der Waals surface area contributed by atoms with Gasteiger partial charge in [0, 0.05) is 29.0 Å². The van der Waals surface area contributed by atoms with Crippen molar-refractivity contribution in [3.05, 3.63) is 65.4 Å². The summed E-state index contributed by atoms with van der Waals surface area (Å²) < 4.78 is 5.61. The molecule has 106 valence electrons. The van der Waals surface area contributed by atoms with Gasteiger partial charge in [0.15, 0.2) is 0 Å². The number of nitrogens with zero attached hydrogens (tertiary/aromatic N) is 2. The largest absolute Gasteiger partial charge is 0.490 e. The van der Waals surface area contributed by atoms with Crippen LogP contribution in [-0.4, -0.2) is 21.7 Å². The molecule has 2 aromatic carbocycles. The molecule has 0 spiro atoms. The predicted molar refractivity (Wildman–Crippen MR) is 81.4 cm³/mol. The van der Waals surface area contributed by atoms with E-state index in [0.29, 0.717) is 16.3 Å². The van der Waals surface area contributed by atoms with Crippen LogP contribution in [0.25, 0.3) is 11.0 Å². The van der Waals surface area contributed by atoms with E-state index in [1.807, 2.05) is 18.2 Å². The van der Waals surface area contributed by atoms with Crippen molar-refractivity contribution >= 4 is 22.6 Å². The maximum atomic E-state index is 10.1. The maximum Gasteiger partial charge on any atom is 0.121 e. The third-order valence-corrected chi connectivity index (χ3v) is 3.46. The number of benzene rings is 2. The first kappa shape index (κ1) is 13.8. The lowest BCUT2D eigenvalue weighted by Crippen LogP contribution is -2.10. The molecule has 0 amide bonds. The third-order valence-electron chi connectivity index (χ3n) is 3.11. The molecule has 0 saturated heterocycles. The maximum absolute atomic E-state index is 10.1. The molecule has 0 bridgehead atoms. The van der Waals surface area contributed by atoms with Crippen LogP contribution in [0.5, 0.6) is 5.75 Å². The van der Waals surface area contributed by atoms with Gasteiger partial charge in [-0.05, 0) is 18.2 Å². The van der Waals surface area contributed by atoms with Crippen LogP contribution in [-0.2, 0) is 0 Å². The van der Waals surface area contributed by atoms with E-state index in [1.165, 1.54) is 0 Å². The van der Waals surface area contributed by atoms with Gasteiger partial charge in [0.2, 0.25) is 0 Å². The lowest BCUT2D eigenvalue weighted by molar-refractivity contribution is 0.108. The van der Waals surface area contributed by atoms with Crippen LogP contribution >= 0.6 is 11.6 Å². The highest BCUT2D eigenvalue weighted by Gasteiger charge is 2.12. The number of fused-ring (bicyclic) bond motifs is 1. The van der Waals surface area contributed by atoms with Crippen molar-refractivity contribution in [1.29, 1.82) is 0 Å². The fraction of sp³-hybridized carbons (Fsp3) is 0.125. The number of ether oxygens (including phenoxy) is 1. The third kappa shape index (κ3) is 3.12. The zero-order valence-electron chi connectivity index (χ0n) is 11.1. The molecule has 0 aliphatic heterocycles. The number of halogens is 1. The summed E-state index contributed by atoms with van der Waals surface area (Å²) in [5.41, 5.74) is 2.21. The summed E-state index contributed by atoms with van der Waals surface area (Å²) in [5, 5.41) is 10.7. The summed E-state index contributed by atoms with van der Waals surface area (Å²) in [6.45, 7) is 0.121.